The van der Waals surface area contributed by atoms with Crippen molar-refractivity contribution in [3.8, 4) is 0 Å². The minimum atomic E-state index is -0.345. The predicted molar refractivity (Wildman–Crippen MR) is 122 cm³/mol. The first-order valence-corrected chi connectivity index (χ1v) is 10.3. The Hall–Kier alpha value is -3.13. The van der Waals surface area contributed by atoms with E-state index in [0.29, 0.717) is 18.8 Å². The maximum Gasteiger partial charge on any atom is 0.250 e. The topological polar surface area (TPSA) is 77.8 Å². The highest BCUT2D eigenvalue weighted by Gasteiger charge is 2.24. The Labute approximate surface area is 181 Å². The van der Waals surface area contributed by atoms with Gasteiger partial charge in [-0.3, -0.25) is 14.9 Å². The van der Waals surface area contributed by atoms with Crippen LogP contribution >= 0.6 is 12.2 Å². The van der Waals surface area contributed by atoms with Crippen LogP contribution in [0.4, 0.5) is 11.4 Å². The monoisotopic (exact) mass is 426 g/mol. The maximum atomic E-state index is 12.2. The first-order valence-electron chi connectivity index (χ1n) is 9.90. The second-order valence-electron chi connectivity index (χ2n) is 7.28. The molecule has 0 spiro atoms. The van der Waals surface area contributed by atoms with Crippen LogP contribution in [0.3, 0.4) is 0 Å². The van der Waals surface area contributed by atoms with Crippen molar-refractivity contribution in [1.29, 1.82) is 0 Å². The molecule has 2 amide bonds. The molecule has 0 bridgehead atoms. The number of rotatable bonds is 5. The molecule has 2 aromatic rings. The zero-order valence-electron chi connectivity index (χ0n) is 17.1. The summed E-state index contributed by atoms with van der Waals surface area (Å²) in [5.74, 6) is 0.438. The van der Waals surface area contributed by atoms with Gasteiger partial charge in [0.1, 0.15) is 5.76 Å². The van der Waals surface area contributed by atoms with Gasteiger partial charge in [-0.15, -0.1) is 0 Å². The van der Waals surface area contributed by atoms with E-state index < -0.39 is 0 Å². The van der Waals surface area contributed by atoms with Crippen molar-refractivity contribution in [1.82, 2.24) is 10.2 Å². The van der Waals surface area contributed by atoms with Gasteiger partial charge in [0.15, 0.2) is 5.11 Å². The van der Waals surface area contributed by atoms with Crippen molar-refractivity contribution in [2.45, 2.75) is 13.8 Å². The standard InChI is InChI=1S/C22H26N4O3S/c1-16(2)21(28)26-13-11-25(12-14-26)19-8-4-3-7-18(19)23-22(30)24-20(27)10-9-17-6-5-15-29-17/h3-10,15-16H,11-14H2,1-2H3,(H2,23,24,27,30)/b10-9+. The number of nitrogens with one attached hydrogen (secondary N) is 2. The summed E-state index contributed by atoms with van der Waals surface area (Å²) in [6, 6.07) is 11.3. The zero-order valence-corrected chi connectivity index (χ0v) is 17.9. The lowest BCUT2D eigenvalue weighted by atomic mass is 10.1. The molecule has 2 N–H and O–H groups in total. The van der Waals surface area contributed by atoms with Crippen molar-refractivity contribution in [2.75, 3.05) is 36.4 Å². The third-order valence-electron chi connectivity index (χ3n) is 4.76. The van der Waals surface area contributed by atoms with Crippen LogP contribution in [-0.2, 0) is 9.59 Å². The molecule has 7 nitrogen and oxygen atoms in total. The van der Waals surface area contributed by atoms with Crippen LogP contribution in [0.2, 0.25) is 0 Å². The minimum absolute atomic E-state index is 0.00771. The molecule has 3 rings (SSSR count). The van der Waals surface area contributed by atoms with Gasteiger partial charge in [-0.1, -0.05) is 26.0 Å². The smallest absolute Gasteiger partial charge is 0.250 e. The van der Waals surface area contributed by atoms with Crippen LogP contribution in [0.15, 0.2) is 53.2 Å². The Morgan fingerprint density at radius 1 is 1.10 bits per heavy atom. The van der Waals surface area contributed by atoms with Crippen molar-refractivity contribution in [3.05, 3.63) is 54.5 Å². The summed E-state index contributed by atoms with van der Waals surface area (Å²) >= 11 is 5.30. The molecular formula is C22H26N4O3S. The van der Waals surface area contributed by atoms with E-state index >= 15 is 0 Å². The molecule has 0 radical (unpaired) electrons. The van der Waals surface area contributed by atoms with Gasteiger partial charge in [0, 0.05) is 38.2 Å². The van der Waals surface area contributed by atoms with Gasteiger partial charge in [0.25, 0.3) is 0 Å². The lowest BCUT2D eigenvalue weighted by Gasteiger charge is -2.37. The van der Waals surface area contributed by atoms with Gasteiger partial charge in [0.2, 0.25) is 11.8 Å². The molecule has 0 unspecified atom stereocenters. The van der Waals surface area contributed by atoms with E-state index in [-0.39, 0.29) is 22.8 Å². The Kier molecular flexibility index (Phi) is 7.24. The lowest BCUT2D eigenvalue weighted by molar-refractivity contribution is -0.134. The highest BCUT2D eigenvalue weighted by molar-refractivity contribution is 7.80. The summed E-state index contributed by atoms with van der Waals surface area (Å²) in [7, 11) is 0. The molecule has 1 saturated heterocycles. The molecule has 2 heterocycles. The molecule has 0 atom stereocenters. The Bertz CT molecular complexity index is 916. The van der Waals surface area contributed by atoms with E-state index in [1.54, 1.807) is 24.5 Å². The van der Waals surface area contributed by atoms with Gasteiger partial charge >= 0.3 is 0 Å². The molecule has 30 heavy (non-hydrogen) atoms. The van der Waals surface area contributed by atoms with Crippen LogP contribution in [0.25, 0.3) is 6.08 Å². The highest BCUT2D eigenvalue weighted by Crippen LogP contribution is 2.26. The van der Waals surface area contributed by atoms with Crippen LogP contribution in [0, 0.1) is 5.92 Å². The molecule has 0 aliphatic carbocycles. The normalized spacial score (nSPS) is 14.2. The van der Waals surface area contributed by atoms with Crippen LogP contribution in [0.5, 0.6) is 0 Å². The zero-order chi connectivity index (χ0) is 21.5. The third-order valence-corrected chi connectivity index (χ3v) is 4.96. The lowest BCUT2D eigenvalue weighted by Crippen LogP contribution is -2.50. The third kappa shape index (κ3) is 5.70. The number of anilines is 2. The van der Waals surface area contributed by atoms with Crippen molar-refractivity contribution < 1.29 is 14.0 Å². The predicted octanol–water partition coefficient (Wildman–Crippen LogP) is 3.11. The van der Waals surface area contributed by atoms with Gasteiger partial charge in [-0.25, -0.2) is 0 Å². The number of furan rings is 1. The van der Waals surface area contributed by atoms with Crippen molar-refractivity contribution in [3.63, 3.8) is 0 Å². The fraction of sp³-hybridized carbons (Fsp3) is 0.318. The maximum absolute atomic E-state index is 12.2. The Morgan fingerprint density at radius 2 is 1.83 bits per heavy atom. The molecule has 0 saturated carbocycles. The number of para-hydroxylation sites is 2. The average molecular weight is 427 g/mol. The van der Waals surface area contributed by atoms with Gasteiger partial charge in [-0.2, -0.15) is 0 Å². The highest BCUT2D eigenvalue weighted by atomic mass is 32.1. The van der Waals surface area contributed by atoms with Crippen molar-refractivity contribution >= 4 is 46.6 Å². The molecule has 1 aliphatic rings. The molecule has 158 valence electrons. The van der Waals surface area contributed by atoms with Crippen LogP contribution < -0.4 is 15.5 Å². The molecule has 1 aromatic heterocycles. The first kappa shape index (κ1) is 21.6. The number of piperazine rings is 1. The number of nitrogens with zero attached hydrogens (tertiary/aromatic N) is 2. The second kappa shape index (κ2) is 10.1. The van der Waals surface area contributed by atoms with E-state index in [2.05, 4.69) is 15.5 Å². The summed E-state index contributed by atoms with van der Waals surface area (Å²) in [4.78, 5) is 28.4. The summed E-state index contributed by atoms with van der Waals surface area (Å²) in [6.45, 7) is 6.69. The summed E-state index contributed by atoms with van der Waals surface area (Å²) in [6.07, 6.45) is 4.48. The molecule has 1 aromatic carbocycles. The Balaban J connectivity index is 1.58. The van der Waals surface area contributed by atoms with E-state index in [4.69, 9.17) is 16.6 Å². The molecular weight excluding hydrogens is 400 g/mol. The van der Waals surface area contributed by atoms with E-state index in [1.165, 1.54) is 6.08 Å². The summed E-state index contributed by atoms with van der Waals surface area (Å²) in [5, 5.41) is 5.95. The SMILES string of the molecule is CC(C)C(=O)N1CCN(c2ccccc2NC(=S)NC(=O)/C=C/c2ccco2)CC1. The van der Waals surface area contributed by atoms with E-state index in [9.17, 15) is 9.59 Å². The summed E-state index contributed by atoms with van der Waals surface area (Å²) < 4.78 is 5.16. The fourth-order valence-electron chi connectivity index (χ4n) is 3.24. The van der Waals surface area contributed by atoms with Crippen molar-refractivity contribution in [2.24, 2.45) is 5.92 Å². The van der Waals surface area contributed by atoms with E-state index in [1.807, 2.05) is 43.0 Å². The number of carbonyl (C=O) groups is 2. The number of carbonyl (C=O) groups excluding carboxylic acids is 2. The van der Waals surface area contributed by atoms with Gasteiger partial charge < -0.3 is 19.5 Å². The molecule has 1 fully saturated rings. The average Bonchev–Trinajstić information content (AvgIpc) is 3.26. The van der Waals surface area contributed by atoms with Crippen LogP contribution in [0.1, 0.15) is 19.6 Å². The number of hydrogen-bond donors (Lipinski definition) is 2. The molecule has 8 heteroatoms. The van der Waals surface area contributed by atoms with Crippen LogP contribution in [-0.4, -0.2) is 48.0 Å². The number of thiocarbonyl (C=S) groups is 1. The summed E-state index contributed by atoms with van der Waals surface area (Å²) in [5.41, 5.74) is 1.79. The minimum Gasteiger partial charge on any atom is -0.465 e. The fourth-order valence-corrected chi connectivity index (χ4v) is 3.45. The number of amides is 2. The quantitative estimate of drug-likeness (QED) is 0.565. The largest absolute Gasteiger partial charge is 0.465 e. The van der Waals surface area contributed by atoms with Gasteiger partial charge in [0.05, 0.1) is 17.6 Å². The second-order valence-corrected chi connectivity index (χ2v) is 7.68. The number of benzene rings is 1. The van der Waals surface area contributed by atoms with E-state index in [0.717, 1.165) is 24.5 Å². The Morgan fingerprint density at radius 3 is 2.50 bits per heavy atom. The number of hydrogen-bond acceptors (Lipinski definition) is 5. The molecule has 1 aliphatic heterocycles. The van der Waals surface area contributed by atoms with Gasteiger partial charge in [-0.05, 0) is 42.6 Å². The first-order chi connectivity index (χ1) is 14.4.